The van der Waals surface area contributed by atoms with Gasteiger partial charge in [0.25, 0.3) is 0 Å². The van der Waals surface area contributed by atoms with Crippen molar-refractivity contribution in [1.29, 1.82) is 0 Å². The second-order valence-electron chi connectivity index (χ2n) is 2.98. The van der Waals surface area contributed by atoms with Gasteiger partial charge < -0.3 is 5.11 Å². The number of aliphatic hydroxyl groups excluding tert-OH is 1. The van der Waals surface area contributed by atoms with Gasteiger partial charge in [-0.15, -0.1) is 0 Å². The van der Waals surface area contributed by atoms with Crippen LogP contribution in [0.5, 0.6) is 0 Å². The summed E-state index contributed by atoms with van der Waals surface area (Å²) in [4.78, 5) is 0. The van der Waals surface area contributed by atoms with E-state index in [0.29, 0.717) is 6.42 Å². The van der Waals surface area contributed by atoms with E-state index in [1.54, 1.807) is 0 Å². The van der Waals surface area contributed by atoms with Crippen molar-refractivity contribution < 1.29 is 9.50 Å². The Hall–Kier alpha value is -0.110. The summed E-state index contributed by atoms with van der Waals surface area (Å²) in [6.45, 7) is 1.76. The zero-order valence-corrected chi connectivity index (χ0v) is 7.35. The number of alkyl halides is 1. The lowest BCUT2D eigenvalue weighted by Crippen LogP contribution is -2.06. The molecule has 0 aromatic heterocycles. The normalized spacial score (nSPS) is 13.4. The van der Waals surface area contributed by atoms with Crippen LogP contribution >= 0.6 is 0 Å². The van der Waals surface area contributed by atoms with E-state index in [1.165, 1.54) is 19.3 Å². The molecule has 0 aliphatic rings. The topological polar surface area (TPSA) is 20.2 Å². The Morgan fingerprint density at radius 2 is 1.91 bits per heavy atom. The molecule has 11 heavy (non-hydrogen) atoms. The highest BCUT2D eigenvalue weighted by atomic mass is 19.1. The molecule has 0 saturated heterocycles. The van der Waals surface area contributed by atoms with Gasteiger partial charge in [-0.2, -0.15) is 0 Å². The molecule has 1 unspecified atom stereocenters. The first kappa shape index (κ1) is 10.9. The van der Waals surface area contributed by atoms with Crippen LogP contribution in [0.2, 0.25) is 0 Å². The largest absolute Gasteiger partial charge is 0.393 e. The van der Waals surface area contributed by atoms with Gasteiger partial charge in [-0.1, -0.05) is 32.6 Å². The lowest BCUT2D eigenvalue weighted by atomic mass is 10.1. The molecule has 0 saturated carbocycles. The summed E-state index contributed by atoms with van der Waals surface area (Å²) >= 11 is 0. The molecular weight excluding hydrogens is 143 g/mol. The number of hydrogen-bond acceptors (Lipinski definition) is 1. The minimum Gasteiger partial charge on any atom is -0.393 e. The van der Waals surface area contributed by atoms with Crippen molar-refractivity contribution in [2.45, 2.75) is 51.6 Å². The zero-order chi connectivity index (χ0) is 8.53. The van der Waals surface area contributed by atoms with Crippen LogP contribution in [-0.4, -0.2) is 17.9 Å². The quantitative estimate of drug-likeness (QED) is 0.571. The molecule has 1 nitrogen and oxygen atoms in total. The van der Waals surface area contributed by atoms with Gasteiger partial charge in [-0.3, -0.25) is 4.39 Å². The first-order valence-electron chi connectivity index (χ1n) is 4.55. The number of halogens is 1. The third-order valence-electron chi connectivity index (χ3n) is 1.83. The van der Waals surface area contributed by atoms with Crippen molar-refractivity contribution in [2.24, 2.45) is 0 Å². The number of rotatable bonds is 7. The molecule has 0 amide bonds. The van der Waals surface area contributed by atoms with Crippen LogP contribution in [0.15, 0.2) is 0 Å². The van der Waals surface area contributed by atoms with Crippen molar-refractivity contribution in [1.82, 2.24) is 0 Å². The summed E-state index contributed by atoms with van der Waals surface area (Å²) in [5.74, 6) is 0. The molecule has 1 atom stereocenters. The third-order valence-corrected chi connectivity index (χ3v) is 1.83. The molecule has 68 valence electrons. The van der Waals surface area contributed by atoms with Crippen LogP contribution in [-0.2, 0) is 0 Å². The standard InChI is InChI=1S/C9H19FO/c1-2-3-4-5-6-9(11)7-8-10/h9,11H,2-8H2,1H3. The van der Waals surface area contributed by atoms with E-state index >= 15 is 0 Å². The molecular formula is C9H19FO. The van der Waals surface area contributed by atoms with E-state index in [0.717, 1.165) is 12.8 Å². The van der Waals surface area contributed by atoms with E-state index in [2.05, 4.69) is 6.92 Å². The highest BCUT2D eigenvalue weighted by Gasteiger charge is 2.01. The van der Waals surface area contributed by atoms with Gasteiger partial charge in [-0.05, 0) is 6.42 Å². The predicted octanol–water partition coefficient (Wildman–Crippen LogP) is 2.68. The van der Waals surface area contributed by atoms with Gasteiger partial charge in [0.1, 0.15) is 0 Å². The van der Waals surface area contributed by atoms with Crippen LogP contribution < -0.4 is 0 Å². The summed E-state index contributed by atoms with van der Waals surface area (Å²) in [7, 11) is 0. The predicted molar refractivity (Wildman–Crippen MR) is 45.4 cm³/mol. The fourth-order valence-electron chi connectivity index (χ4n) is 1.08. The molecule has 0 fully saturated rings. The second-order valence-corrected chi connectivity index (χ2v) is 2.98. The molecule has 0 bridgehead atoms. The van der Waals surface area contributed by atoms with Crippen LogP contribution in [0.1, 0.15) is 45.4 Å². The molecule has 0 radical (unpaired) electrons. The first-order chi connectivity index (χ1) is 5.31. The Labute approximate surface area is 68.6 Å². The fraction of sp³-hybridized carbons (Fsp3) is 1.00. The smallest absolute Gasteiger partial charge is 0.0919 e. The van der Waals surface area contributed by atoms with Crippen molar-refractivity contribution >= 4 is 0 Å². The molecule has 2 heteroatoms. The van der Waals surface area contributed by atoms with Gasteiger partial charge >= 0.3 is 0 Å². The van der Waals surface area contributed by atoms with E-state index < -0.39 is 12.8 Å². The van der Waals surface area contributed by atoms with Gasteiger partial charge in [0.15, 0.2) is 0 Å². The summed E-state index contributed by atoms with van der Waals surface area (Å²) in [5.41, 5.74) is 0. The lowest BCUT2D eigenvalue weighted by Gasteiger charge is -2.06. The zero-order valence-electron chi connectivity index (χ0n) is 7.35. The highest BCUT2D eigenvalue weighted by molar-refractivity contribution is 4.54. The minimum absolute atomic E-state index is 0.312. The molecule has 0 aliphatic carbocycles. The summed E-state index contributed by atoms with van der Waals surface area (Å²) in [6, 6.07) is 0. The van der Waals surface area contributed by atoms with Crippen LogP contribution in [0.4, 0.5) is 4.39 Å². The monoisotopic (exact) mass is 162 g/mol. The minimum atomic E-state index is -0.406. The Morgan fingerprint density at radius 3 is 2.45 bits per heavy atom. The maximum atomic E-state index is 11.7. The summed E-state index contributed by atoms with van der Waals surface area (Å²) < 4.78 is 11.7. The average Bonchev–Trinajstić information content (AvgIpc) is 1.99. The molecule has 0 rings (SSSR count). The lowest BCUT2D eigenvalue weighted by molar-refractivity contribution is 0.141. The first-order valence-corrected chi connectivity index (χ1v) is 4.55. The summed E-state index contributed by atoms with van der Waals surface area (Å²) in [5, 5.41) is 9.11. The second kappa shape index (κ2) is 7.99. The molecule has 0 spiro atoms. The Bertz CT molecular complexity index is 76.0. The van der Waals surface area contributed by atoms with E-state index in [-0.39, 0.29) is 0 Å². The Morgan fingerprint density at radius 1 is 1.18 bits per heavy atom. The summed E-state index contributed by atoms with van der Waals surface area (Å²) in [6.07, 6.45) is 5.31. The average molecular weight is 162 g/mol. The SMILES string of the molecule is CCCCCCC(O)CCF. The van der Waals surface area contributed by atoms with Gasteiger partial charge in [0, 0.05) is 6.42 Å². The number of unbranched alkanes of at least 4 members (excludes halogenated alkanes) is 3. The molecule has 0 aromatic carbocycles. The maximum Gasteiger partial charge on any atom is 0.0919 e. The Kier molecular flexibility index (Phi) is 7.91. The molecule has 0 aromatic rings. The highest BCUT2D eigenvalue weighted by Crippen LogP contribution is 2.07. The van der Waals surface area contributed by atoms with Gasteiger partial charge in [0.05, 0.1) is 12.8 Å². The number of hydrogen-bond donors (Lipinski definition) is 1. The third kappa shape index (κ3) is 7.79. The van der Waals surface area contributed by atoms with E-state index in [4.69, 9.17) is 5.11 Å². The van der Waals surface area contributed by atoms with Crippen molar-refractivity contribution in [3.63, 3.8) is 0 Å². The van der Waals surface area contributed by atoms with Crippen molar-refractivity contribution in [2.75, 3.05) is 6.67 Å². The number of aliphatic hydroxyl groups is 1. The van der Waals surface area contributed by atoms with Gasteiger partial charge in [0.2, 0.25) is 0 Å². The van der Waals surface area contributed by atoms with Crippen LogP contribution in [0.3, 0.4) is 0 Å². The van der Waals surface area contributed by atoms with Crippen molar-refractivity contribution in [3.8, 4) is 0 Å². The molecule has 1 N–H and O–H groups in total. The van der Waals surface area contributed by atoms with E-state index in [9.17, 15) is 4.39 Å². The maximum absolute atomic E-state index is 11.7. The fourth-order valence-corrected chi connectivity index (χ4v) is 1.08. The van der Waals surface area contributed by atoms with Crippen LogP contribution in [0.25, 0.3) is 0 Å². The van der Waals surface area contributed by atoms with Crippen LogP contribution in [0, 0.1) is 0 Å². The Balaban J connectivity index is 2.97. The molecule has 0 heterocycles. The van der Waals surface area contributed by atoms with E-state index in [1.807, 2.05) is 0 Å². The molecule has 0 aliphatic heterocycles. The van der Waals surface area contributed by atoms with Crippen molar-refractivity contribution in [3.05, 3.63) is 0 Å². The van der Waals surface area contributed by atoms with Gasteiger partial charge in [-0.25, -0.2) is 0 Å².